The van der Waals surface area contributed by atoms with Crippen molar-refractivity contribution in [2.45, 2.75) is 52.5 Å². The Labute approximate surface area is 115 Å². The van der Waals surface area contributed by atoms with Crippen LogP contribution in [0.25, 0.3) is 0 Å². The number of carbonyl (C=O) groups is 2. The quantitative estimate of drug-likeness (QED) is 0.575. The summed E-state index contributed by atoms with van der Waals surface area (Å²) in [7, 11) is 0. The highest BCUT2D eigenvalue weighted by Crippen LogP contribution is 2.07. The molecule has 0 aromatic heterocycles. The smallest absolute Gasteiger partial charge is 0.220 e. The van der Waals surface area contributed by atoms with E-state index in [1.807, 2.05) is 31.2 Å². The van der Waals surface area contributed by atoms with Gasteiger partial charge in [-0.15, -0.1) is 0 Å². The molecule has 0 atom stereocenters. The van der Waals surface area contributed by atoms with Crippen LogP contribution in [0.15, 0.2) is 24.3 Å². The Morgan fingerprint density at radius 2 is 1.74 bits per heavy atom. The minimum atomic E-state index is 0.0992. The third-order valence-corrected chi connectivity index (χ3v) is 3.09. The summed E-state index contributed by atoms with van der Waals surface area (Å²) in [6.07, 6.45) is 4.29. The predicted molar refractivity (Wildman–Crippen MR) is 77.1 cm³/mol. The minimum absolute atomic E-state index is 0.0992. The highest BCUT2D eigenvalue weighted by molar-refractivity contribution is 5.95. The second-order valence-electron chi connectivity index (χ2n) is 4.71. The zero-order valence-corrected chi connectivity index (χ0v) is 11.9. The van der Waals surface area contributed by atoms with E-state index in [0.717, 1.165) is 30.4 Å². The lowest BCUT2D eigenvalue weighted by molar-refractivity contribution is -0.121. The molecule has 0 aliphatic rings. The topological polar surface area (TPSA) is 46.2 Å². The van der Waals surface area contributed by atoms with E-state index >= 15 is 0 Å². The third kappa shape index (κ3) is 5.69. The largest absolute Gasteiger partial charge is 0.352 e. The van der Waals surface area contributed by atoms with Crippen molar-refractivity contribution in [3.63, 3.8) is 0 Å². The Kier molecular flexibility index (Phi) is 6.86. The van der Waals surface area contributed by atoms with E-state index < -0.39 is 0 Å². The molecule has 0 unspecified atom stereocenters. The molecule has 0 bridgehead atoms. The number of hydrogen-bond donors (Lipinski definition) is 1. The van der Waals surface area contributed by atoms with E-state index in [2.05, 4.69) is 12.2 Å². The molecule has 0 radical (unpaired) electrons. The molecule has 19 heavy (non-hydrogen) atoms. The van der Waals surface area contributed by atoms with Gasteiger partial charge in [0.25, 0.3) is 0 Å². The molecule has 0 heterocycles. The van der Waals surface area contributed by atoms with Crippen LogP contribution < -0.4 is 5.32 Å². The maximum Gasteiger partial charge on any atom is 0.220 e. The van der Waals surface area contributed by atoms with Crippen molar-refractivity contribution in [2.75, 3.05) is 0 Å². The number of nitrogens with one attached hydrogen (secondary N) is 1. The number of Topliss-reactive ketones (excluding diaryl/α,β-unsaturated/α-hetero) is 1. The average molecular weight is 261 g/mol. The molecule has 0 aliphatic carbocycles. The Hall–Kier alpha value is -1.64. The fourth-order valence-corrected chi connectivity index (χ4v) is 1.84. The summed E-state index contributed by atoms with van der Waals surface area (Å²) >= 11 is 0. The van der Waals surface area contributed by atoms with Crippen LogP contribution in [0.2, 0.25) is 0 Å². The summed E-state index contributed by atoms with van der Waals surface area (Å²) in [4.78, 5) is 23.0. The lowest BCUT2D eigenvalue weighted by Gasteiger charge is -2.06. The van der Waals surface area contributed by atoms with Gasteiger partial charge in [0.05, 0.1) is 0 Å². The molecule has 1 rings (SSSR count). The average Bonchev–Trinajstić information content (AvgIpc) is 2.45. The van der Waals surface area contributed by atoms with Crippen molar-refractivity contribution >= 4 is 11.7 Å². The minimum Gasteiger partial charge on any atom is -0.352 e. The maximum absolute atomic E-state index is 11.5. The van der Waals surface area contributed by atoms with Gasteiger partial charge in [0.2, 0.25) is 5.91 Å². The molecule has 1 aromatic carbocycles. The van der Waals surface area contributed by atoms with E-state index in [-0.39, 0.29) is 11.7 Å². The van der Waals surface area contributed by atoms with Gasteiger partial charge in [-0.3, -0.25) is 9.59 Å². The van der Waals surface area contributed by atoms with Crippen molar-refractivity contribution in [1.29, 1.82) is 0 Å². The number of benzene rings is 1. The van der Waals surface area contributed by atoms with Gasteiger partial charge in [0, 0.05) is 24.9 Å². The number of hydrogen-bond acceptors (Lipinski definition) is 2. The zero-order chi connectivity index (χ0) is 14.1. The molecule has 1 amide bonds. The second-order valence-corrected chi connectivity index (χ2v) is 4.71. The Morgan fingerprint density at radius 1 is 1.05 bits per heavy atom. The Balaban J connectivity index is 2.37. The molecule has 3 nitrogen and oxygen atoms in total. The fourth-order valence-electron chi connectivity index (χ4n) is 1.84. The Morgan fingerprint density at radius 3 is 2.32 bits per heavy atom. The molecule has 0 spiro atoms. The van der Waals surface area contributed by atoms with Crippen LogP contribution in [0.3, 0.4) is 0 Å². The number of ketones is 1. The molecule has 0 saturated carbocycles. The first kappa shape index (κ1) is 15.4. The van der Waals surface area contributed by atoms with Gasteiger partial charge in [-0.25, -0.2) is 0 Å². The standard InChI is InChI=1S/C16H23NO2/c1-3-5-6-7-16(19)17-12-13-8-10-14(11-9-13)15(18)4-2/h8-11H,3-7,12H2,1-2H3,(H,17,19). The normalized spacial score (nSPS) is 10.2. The van der Waals surface area contributed by atoms with Crippen LogP contribution in [0, 0.1) is 0 Å². The SMILES string of the molecule is CCCCCC(=O)NCc1ccc(C(=O)CC)cc1. The molecule has 0 fully saturated rings. The van der Waals surface area contributed by atoms with Crippen molar-refractivity contribution in [3.05, 3.63) is 35.4 Å². The lowest BCUT2D eigenvalue weighted by atomic mass is 10.1. The molecule has 3 heteroatoms. The number of amides is 1. The van der Waals surface area contributed by atoms with Crippen LogP contribution in [-0.2, 0) is 11.3 Å². The summed E-state index contributed by atoms with van der Waals surface area (Å²) in [5.74, 6) is 0.248. The summed E-state index contributed by atoms with van der Waals surface area (Å²) in [5, 5.41) is 2.90. The number of unbranched alkanes of at least 4 members (excludes halogenated alkanes) is 2. The van der Waals surface area contributed by atoms with Gasteiger partial charge in [0.15, 0.2) is 5.78 Å². The van der Waals surface area contributed by atoms with Crippen molar-refractivity contribution in [1.82, 2.24) is 5.32 Å². The first-order chi connectivity index (χ1) is 9.17. The molecular weight excluding hydrogens is 238 g/mol. The molecule has 1 N–H and O–H groups in total. The third-order valence-electron chi connectivity index (χ3n) is 3.09. The number of carbonyl (C=O) groups excluding carboxylic acids is 2. The zero-order valence-electron chi connectivity index (χ0n) is 11.9. The van der Waals surface area contributed by atoms with Crippen molar-refractivity contribution in [3.8, 4) is 0 Å². The van der Waals surface area contributed by atoms with Gasteiger partial charge >= 0.3 is 0 Å². The van der Waals surface area contributed by atoms with E-state index in [1.54, 1.807) is 0 Å². The Bertz CT molecular complexity index is 409. The van der Waals surface area contributed by atoms with Gasteiger partial charge in [0.1, 0.15) is 0 Å². The lowest BCUT2D eigenvalue weighted by Crippen LogP contribution is -2.22. The van der Waals surface area contributed by atoms with Crippen LogP contribution in [0.1, 0.15) is 61.9 Å². The first-order valence-corrected chi connectivity index (χ1v) is 7.06. The summed E-state index contributed by atoms with van der Waals surface area (Å²) < 4.78 is 0. The first-order valence-electron chi connectivity index (χ1n) is 7.06. The second kappa shape index (κ2) is 8.46. The van der Waals surface area contributed by atoms with E-state index in [0.29, 0.717) is 19.4 Å². The molecule has 0 saturated heterocycles. The van der Waals surface area contributed by atoms with E-state index in [1.165, 1.54) is 0 Å². The summed E-state index contributed by atoms with van der Waals surface area (Å²) in [5.41, 5.74) is 1.76. The summed E-state index contributed by atoms with van der Waals surface area (Å²) in [6, 6.07) is 7.44. The highest BCUT2D eigenvalue weighted by Gasteiger charge is 2.04. The van der Waals surface area contributed by atoms with Crippen LogP contribution in [0.4, 0.5) is 0 Å². The molecule has 0 aliphatic heterocycles. The maximum atomic E-state index is 11.5. The van der Waals surface area contributed by atoms with E-state index in [9.17, 15) is 9.59 Å². The summed E-state index contributed by atoms with van der Waals surface area (Å²) in [6.45, 7) is 4.51. The highest BCUT2D eigenvalue weighted by atomic mass is 16.1. The van der Waals surface area contributed by atoms with Gasteiger partial charge in [-0.2, -0.15) is 0 Å². The molecule has 104 valence electrons. The monoisotopic (exact) mass is 261 g/mol. The van der Waals surface area contributed by atoms with Crippen LogP contribution in [-0.4, -0.2) is 11.7 Å². The van der Waals surface area contributed by atoms with Crippen molar-refractivity contribution < 1.29 is 9.59 Å². The van der Waals surface area contributed by atoms with E-state index in [4.69, 9.17) is 0 Å². The molecular formula is C16H23NO2. The predicted octanol–water partition coefficient (Wildman–Crippen LogP) is 3.48. The van der Waals surface area contributed by atoms with Crippen molar-refractivity contribution in [2.24, 2.45) is 0 Å². The number of rotatable bonds is 8. The van der Waals surface area contributed by atoms with Gasteiger partial charge in [-0.05, 0) is 12.0 Å². The van der Waals surface area contributed by atoms with Crippen LogP contribution >= 0.6 is 0 Å². The molecule has 1 aromatic rings. The van der Waals surface area contributed by atoms with Gasteiger partial charge < -0.3 is 5.32 Å². The fraction of sp³-hybridized carbons (Fsp3) is 0.500. The van der Waals surface area contributed by atoms with Crippen LogP contribution in [0.5, 0.6) is 0 Å². The van der Waals surface area contributed by atoms with Gasteiger partial charge in [-0.1, -0.05) is 51.0 Å².